The third kappa shape index (κ3) is 2.02. The summed E-state index contributed by atoms with van der Waals surface area (Å²) in [6.45, 7) is 5.15. The van der Waals surface area contributed by atoms with Crippen molar-refractivity contribution in [2.75, 3.05) is 0 Å². The highest BCUT2D eigenvalue weighted by Crippen LogP contribution is 2.07. The van der Waals surface area contributed by atoms with E-state index < -0.39 is 0 Å². The maximum Gasteiger partial charge on any atom is 0.170 e. The Hall–Kier alpha value is -1.10. The van der Waals surface area contributed by atoms with Crippen molar-refractivity contribution in [1.29, 1.82) is 5.26 Å². The van der Waals surface area contributed by atoms with Gasteiger partial charge in [-0.1, -0.05) is 12.5 Å². The Kier molecular flexibility index (Phi) is 3.42. The molecule has 0 rings (SSSR count). The molecule has 0 aliphatic rings. The summed E-state index contributed by atoms with van der Waals surface area (Å²) >= 11 is 0. The molecule has 0 aromatic rings. The normalized spacial score (nSPS) is 11.8. The molecule has 0 aromatic heterocycles. The minimum Gasteiger partial charge on any atom is -0.294 e. The molecule has 0 heterocycles. The standard InChI is InChI=1S/C8H11NO/c1-4-6(2)8(5-9)7(3)10/h4H2,1-3H3/b8-6-. The highest BCUT2D eigenvalue weighted by molar-refractivity contribution is 5.97. The van der Waals surface area contributed by atoms with E-state index in [2.05, 4.69) is 0 Å². The molecule has 0 aliphatic heterocycles. The fourth-order valence-electron chi connectivity index (χ4n) is 0.651. The van der Waals surface area contributed by atoms with Crippen LogP contribution >= 0.6 is 0 Å². The van der Waals surface area contributed by atoms with Gasteiger partial charge in [-0.3, -0.25) is 4.79 Å². The summed E-state index contributed by atoms with van der Waals surface area (Å²) in [6.07, 6.45) is 0.766. The van der Waals surface area contributed by atoms with Gasteiger partial charge in [0.1, 0.15) is 6.07 Å². The van der Waals surface area contributed by atoms with E-state index in [1.807, 2.05) is 13.0 Å². The molecule has 0 bridgehead atoms. The average molecular weight is 137 g/mol. The number of nitrogens with zero attached hydrogens (tertiary/aromatic N) is 1. The SMILES string of the molecule is CC/C(C)=C(/C#N)C(C)=O. The average Bonchev–Trinajstić information content (AvgIpc) is 1.88. The zero-order valence-electron chi connectivity index (χ0n) is 6.56. The summed E-state index contributed by atoms with van der Waals surface area (Å²) in [6, 6.07) is 1.88. The molecule has 0 atom stereocenters. The van der Waals surface area contributed by atoms with E-state index in [0.29, 0.717) is 5.57 Å². The van der Waals surface area contributed by atoms with Crippen molar-refractivity contribution in [1.82, 2.24) is 0 Å². The molecule has 54 valence electrons. The van der Waals surface area contributed by atoms with Gasteiger partial charge in [0.2, 0.25) is 0 Å². The van der Waals surface area contributed by atoms with E-state index in [0.717, 1.165) is 12.0 Å². The Balaban J connectivity index is 4.68. The number of carbonyl (C=O) groups excluding carboxylic acids is 1. The van der Waals surface area contributed by atoms with Gasteiger partial charge in [0.15, 0.2) is 5.78 Å². The number of hydrogen-bond acceptors (Lipinski definition) is 2. The third-order valence-electron chi connectivity index (χ3n) is 1.42. The first-order chi connectivity index (χ1) is 4.63. The van der Waals surface area contributed by atoms with E-state index in [1.54, 1.807) is 6.92 Å². The Morgan fingerprint density at radius 1 is 1.50 bits per heavy atom. The number of hydrogen-bond donors (Lipinski definition) is 0. The lowest BCUT2D eigenvalue weighted by Gasteiger charge is -1.95. The number of carbonyl (C=O) groups is 1. The van der Waals surface area contributed by atoms with Crippen molar-refractivity contribution in [3.63, 3.8) is 0 Å². The molecule has 0 aliphatic carbocycles. The summed E-state index contributed by atoms with van der Waals surface area (Å²) in [5, 5.41) is 8.47. The molecule has 0 aromatic carbocycles. The first kappa shape index (κ1) is 8.90. The van der Waals surface area contributed by atoms with Gasteiger partial charge in [-0.2, -0.15) is 5.26 Å². The van der Waals surface area contributed by atoms with Gasteiger partial charge >= 0.3 is 0 Å². The summed E-state index contributed by atoms with van der Waals surface area (Å²) < 4.78 is 0. The molecule has 2 heteroatoms. The molecule has 0 amide bonds. The maximum atomic E-state index is 10.7. The van der Waals surface area contributed by atoms with Gasteiger partial charge in [-0.05, 0) is 20.3 Å². The maximum absolute atomic E-state index is 10.7. The first-order valence-corrected chi connectivity index (χ1v) is 3.24. The molecule has 10 heavy (non-hydrogen) atoms. The van der Waals surface area contributed by atoms with Crippen LogP contribution in [-0.2, 0) is 4.79 Å². The Morgan fingerprint density at radius 3 is 2.10 bits per heavy atom. The van der Waals surface area contributed by atoms with E-state index in [-0.39, 0.29) is 5.78 Å². The summed E-state index contributed by atoms with van der Waals surface area (Å²) in [4.78, 5) is 10.7. The quantitative estimate of drug-likeness (QED) is 0.430. The van der Waals surface area contributed by atoms with Gasteiger partial charge in [-0.15, -0.1) is 0 Å². The van der Waals surface area contributed by atoms with Crippen LogP contribution in [-0.4, -0.2) is 5.78 Å². The molecular formula is C8H11NO. The predicted molar refractivity (Wildman–Crippen MR) is 39.3 cm³/mol. The van der Waals surface area contributed by atoms with Crippen LogP contribution in [0.5, 0.6) is 0 Å². The van der Waals surface area contributed by atoms with Crippen LogP contribution in [0.3, 0.4) is 0 Å². The lowest BCUT2D eigenvalue weighted by Crippen LogP contribution is -1.96. The number of allylic oxidation sites excluding steroid dienone is 2. The summed E-state index contributed by atoms with van der Waals surface area (Å²) in [5.41, 5.74) is 1.18. The second kappa shape index (κ2) is 3.84. The number of rotatable bonds is 2. The van der Waals surface area contributed by atoms with Crippen molar-refractivity contribution in [2.24, 2.45) is 0 Å². The summed E-state index contributed by atoms with van der Waals surface area (Å²) in [7, 11) is 0. The highest BCUT2D eigenvalue weighted by Gasteiger charge is 2.04. The molecule has 2 nitrogen and oxygen atoms in total. The van der Waals surface area contributed by atoms with E-state index in [9.17, 15) is 4.79 Å². The molecule has 0 N–H and O–H groups in total. The van der Waals surface area contributed by atoms with Gasteiger partial charge in [0.25, 0.3) is 0 Å². The van der Waals surface area contributed by atoms with Gasteiger partial charge < -0.3 is 0 Å². The Morgan fingerprint density at radius 2 is 2.00 bits per heavy atom. The van der Waals surface area contributed by atoms with E-state index >= 15 is 0 Å². The highest BCUT2D eigenvalue weighted by atomic mass is 16.1. The van der Waals surface area contributed by atoms with Crippen molar-refractivity contribution in [2.45, 2.75) is 27.2 Å². The van der Waals surface area contributed by atoms with Gasteiger partial charge in [0.05, 0.1) is 5.57 Å². The molecule has 0 saturated carbocycles. The van der Waals surface area contributed by atoms with Crippen molar-refractivity contribution >= 4 is 5.78 Å². The first-order valence-electron chi connectivity index (χ1n) is 3.24. The zero-order valence-corrected chi connectivity index (χ0v) is 6.56. The number of ketones is 1. The molecular weight excluding hydrogens is 126 g/mol. The van der Waals surface area contributed by atoms with E-state index in [1.165, 1.54) is 6.92 Å². The largest absolute Gasteiger partial charge is 0.294 e. The minimum absolute atomic E-state index is 0.137. The molecule has 0 saturated heterocycles. The van der Waals surface area contributed by atoms with Crippen molar-refractivity contribution in [3.05, 3.63) is 11.1 Å². The molecule has 0 fully saturated rings. The molecule has 0 spiro atoms. The van der Waals surface area contributed by atoms with Crippen LogP contribution < -0.4 is 0 Å². The van der Waals surface area contributed by atoms with Crippen LogP contribution in [0.4, 0.5) is 0 Å². The van der Waals surface area contributed by atoms with Crippen molar-refractivity contribution in [3.8, 4) is 6.07 Å². The molecule has 0 radical (unpaired) electrons. The topological polar surface area (TPSA) is 40.9 Å². The summed E-state index contributed by atoms with van der Waals surface area (Å²) in [5.74, 6) is -0.137. The number of nitriles is 1. The van der Waals surface area contributed by atoms with E-state index in [4.69, 9.17) is 5.26 Å². The Bertz CT molecular complexity index is 208. The van der Waals surface area contributed by atoms with Crippen LogP contribution in [0.2, 0.25) is 0 Å². The molecule has 0 unspecified atom stereocenters. The smallest absolute Gasteiger partial charge is 0.170 e. The predicted octanol–water partition coefficient (Wildman–Crippen LogP) is 1.83. The fraction of sp³-hybridized carbons (Fsp3) is 0.500. The van der Waals surface area contributed by atoms with Crippen LogP contribution in [0.15, 0.2) is 11.1 Å². The fourth-order valence-corrected chi connectivity index (χ4v) is 0.651. The Labute approximate surface area is 61.2 Å². The van der Waals surface area contributed by atoms with Gasteiger partial charge in [-0.25, -0.2) is 0 Å². The second-order valence-electron chi connectivity index (χ2n) is 2.18. The van der Waals surface area contributed by atoms with Gasteiger partial charge in [0, 0.05) is 0 Å². The van der Waals surface area contributed by atoms with Crippen molar-refractivity contribution < 1.29 is 4.79 Å². The lowest BCUT2D eigenvalue weighted by molar-refractivity contribution is -0.113. The third-order valence-corrected chi connectivity index (χ3v) is 1.42. The zero-order chi connectivity index (χ0) is 8.15. The second-order valence-corrected chi connectivity index (χ2v) is 2.18. The van der Waals surface area contributed by atoms with Crippen LogP contribution in [0.1, 0.15) is 27.2 Å². The monoisotopic (exact) mass is 137 g/mol. The lowest BCUT2D eigenvalue weighted by atomic mass is 10.1. The minimum atomic E-state index is -0.137. The van der Waals surface area contributed by atoms with Crippen LogP contribution in [0, 0.1) is 11.3 Å². The number of Topliss-reactive ketones (excluding diaryl/α,β-unsaturated/α-hetero) is 1. The van der Waals surface area contributed by atoms with Crippen LogP contribution in [0.25, 0.3) is 0 Å².